The molecule has 0 saturated heterocycles. The second-order valence-corrected chi connectivity index (χ2v) is 4.95. The van der Waals surface area contributed by atoms with Crippen molar-refractivity contribution in [3.8, 4) is 11.5 Å². The number of aliphatic hydroxyl groups is 1. The summed E-state index contributed by atoms with van der Waals surface area (Å²) in [7, 11) is 0. The van der Waals surface area contributed by atoms with E-state index in [4.69, 9.17) is 14.6 Å². The first-order chi connectivity index (χ1) is 7.62. The largest absolute Gasteiger partial charge is 0.489 e. The summed E-state index contributed by atoms with van der Waals surface area (Å²) in [5.41, 5.74) is 0.987. The Morgan fingerprint density at radius 2 is 2.25 bits per heavy atom. The van der Waals surface area contributed by atoms with E-state index >= 15 is 0 Å². The molecule has 0 fully saturated rings. The van der Waals surface area contributed by atoms with E-state index < -0.39 is 0 Å². The Bertz CT molecular complexity index is 371. The van der Waals surface area contributed by atoms with Crippen molar-refractivity contribution in [3.63, 3.8) is 0 Å². The Hall–Kier alpha value is -1.22. The maximum atomic E-state index is 9.15. The van der Waals surface area contributed by atoms with Crippen molar-refractivity contribution in [1.82, 2.24) is 0 Å². The lowest BCUT2D eigenvalue weighted by atomic mass is 9.96. The van der Waals surface area contributed by atoms with Gasteiger partial charge in [0.2, 0.25) is 0 Å². The van der Waals surface area contributed by atoms with Crippen molar-refractivity contribution in [2.45, 2.75) is 20.3 Å². The molecule has 88 valence electrons. The van der Waals surface area contributed by atoms with Gasteiger partial charge in [0, 0.05) is 17.4 Å². The highest BCUT2D eigenvalue weighted by Gasteiger charge is 2.21. The van der Waals surface area contributed by atoms with Crippen LogP contribution in [0.3, 0.4) is 0 Å². The van der Waals surface area contributed by atoms with Crippen LogP contribution in [0.4, 0.5) is 0 Å². The smallest absolute Gasteiger partial charge is 0.164 e. The molecule has 0 unspecified atom stereocenters. The van der Waals surface area contributed by atoms with Crippen molar-refractivity contribution in [2.75, 3.05) is 19.8 Å². The fourth-order valence-electron chi connectivity index (χ4n) is 1.62. The topological polar surface area (TPSA) is 38.7 Å². The van der Waals surface area contributed by atoms with Crippen LogP contribution in [-0.4, -0.2) is 24.9 Å². The maximum absolute atomic E-state index is 9.15. The highest BCUT2D eigenvalue weighted by Crippen LogP contribution is 2.36. The molecule has 1 N–H and O–H groups in total. The molecule has 1 aromatic rings. The first-order valence-electron chi connectivity index (χ1n) is 5.61. The van der Waals surface area contributed by atoms with Gasteiger partial charge >= 0.3 is 0 Å². The van der Waals surface area contributed by atoms with Crippen molar-refractivity contribution >= 4 is 0 Å². The number of para-hydroxylation sites is 1. The van der Waals surface area contributed by atoms with Crippen LogP contribution in [0.1, 0.15) is 19.4 Å². The van der Waals surface area contributed by atoms with Crippen LogP contribution in [-0.2, 0) is 6.42 Å². The lowest BCUT2D eigenvalue weighted by molar-refractivity contribution is 0.0958. The van der Waals surface area contributed by atoms with Crippen molar-refractivity contribution in [1.29, 1.82) is 0 Å². The summed E-state index contributed by atoms with van der Waals surface area (Å²) in [6, 6.07) is 5.96. The second-order valence-electron chi connectivity index (χ2n) is 4.95. The number of aliphatic hydroxyl groups excluding tert-OH is 1. The quantitative estimate of drug-likeness (QED) is 0.847. The first-order valence-corrected chi connectivity index (χ1v) is 5.61. The summed E-state index contributed by atoms with van der Waals surface area (Å²) >= 11 is 0. The molecule has 0 amide bonds. The standard InChI is InChI=1S/C13H18O3/c1-13(2,8-14)9-16-11-5-3-4-10-6-7-15-12(10)11/h3-5,14H,6-9H2,1-2H3. The third-order valence-corrected chi connectivity index (χ3v) is 2.72. The third-order valence-electron chi connectivity index (χ3n) is 2.72. The van der Waals surface area contributed by atoms with Crippen molar-refractivity contribution in [2.24, 2.45) is 5.41 Å². The van der Waals surface area contributed by atoms with Gasteiger partial charge in [-0.2, -0.15) is 0 Å². The third kappa shape index (κ3) is 2.30. The lowest BCUT2D eigenvalue weighted by Gasteiger charge is -2.22. The van der Waals surface area contributed by atoms with Gasteiger partial charge in [-0.3, -0.25) is 0 Å². The molecule has 3 nitrogen and oxygen atoms in total. The molecule has 0 aliphatic carbocycles. The molecule has 0 atom stereocenters. The van der Waals surface area contributed by atoms with E-state index in [2.05, 4.69) is 6.07 Å². The van der Waals surface area contributed by atoms with E-state index in [-0.39, 0.29) is 12.0 Å². The van der Waals surface area contributed by atoms with Gasteiger partial charge in [-0.15, -0.1) is 0 Å². The molecule has 2 rings (SSSR count). The molecule has 1 aliphatic rings. The van der Waals surface area contributed by atoms with Gasteiger partial charge in [-0.05, 0) is 6.07 Å². The normalized spacial score (nSPS) is 14.4. The van der Waals surface area contributed by atoms with Gasteiger partial charge in [-0.25, -0.2) is 0 Å². The molecule has 0 saturated carbocycles. The highest BCUT2D eigenvalue weighted by atomic mass is 16.5. The van der Waals surface area contributed by atoms with Crippen LogP contribution >= 0.6 is 0 Å². The number of benzene rings is 1. The summed E-state index contributed by atoms with van der Waals surface area (Å²) in [6.07, 6.45) is 0.954. The summed E-state index contributed by atoms with van der Waals surface area (Å²) < 4.78 is 11.3. The summed E-state index contributed by atoms with van der Waals surface area (Å²) in [4.78, 5) is 0. The Kier molecular flexibility index (Phi) is 3.06. The number of ether oxygens (including phenoxy) is 2. The zero-order valence-electron chi connectivity index (χ0n) is 9.82. The Morgan fingerprint density at radius 3 is 3.00 bits per heavy atom. The van der Waals surface area contributed by atoms with E-state index in [0.29, 0.717) is 6.61 Å². The molecule has 1 aliphatic heterocycles. The predicted molar refractivity (Wildman–Crippen MR) is 62.0 cm³/mol. The lowest BCUT2D eigenvalue weighted by Crippen LogP contribution is -2.25. The number of hydrogen-bond donors (Lipinski definition) is 1. The number of fused-ring (bicyclic) bond motifs is 1. The van der Waals surface area contributed by atoms with E-state index in [1.54, 1.807) is 0 Å². The average Bonchev–Trinajstić information content (AvgIpc) is 2.75. The van der Waals surface area contributed by atoms with Gasteiger partial charge in [0.1, 0.15) is 0 Å². The van der Waals surface area contributed by atoms with E-state index in [0.717, 1.165) is 24.5 Å². The molecular weight excluding hydrogens is 204 g/mol. The monoisotopic (exact) mass is 222 g/mol. The van der Waals surface area contributed by atoms with Gasteiger partial charge in [0.25, 0.3) is 0 Å². The molecule has 3 heteroatoms. The van der Waals surface area contributed by atoms with E-state index in [9.17, 15) is 0 Å². The summed E-state index contributed by atoms with van der Waals surface area (Å²) in [6.45, 7) is 5.28. The van der Waals surface area contributed by atoms with Gasteiger partial charge in [0.15, 0.2) is 11.5 Å². The van der Waals surface area contributed by atoms with Gasteiger partial charge in [0.05, 0.1) is 19.8 Å². The van der Waals surface area contributed by atoms with Crippen LogP contribution < -0.4 is 9.47 Å². The fraction of sp³-hybridized carbons (Fsp3) is 0.538. The van der Waals surface area contributed by atoms with Crippen LogP contribution in [0.15, 0.2) is 18.2 Å². The van der Waals surface area contributed by atoms with Crippen molar-refractivity contribution in [3.05, 3.63) is 23.8 Å². The van der Waals surface area contributed by atoms with Crippen LogP contribution in [0, 0.1) is 5.41 Å². The molecule has 0 aromatic heterocycles. The Morgan fingerprint density at radius 1 is 1.44 bits per heavy atom. The van der Waals surface area contributed by atoms with Crippen LogP contribution in [0.5, 0.6) is 11.5 Å². The Labute approximate surface area is 96.0 Å². The SMILES string of the molecule is CC(C)(CO)COc1cccc2c1OCC2. The highest BCUT2D eigenvalue weighted by molar-refractivity contribution is 5.48. The molecular formula is C13H18O3. The maximum Gasteiger partial charge on any atom is 0.164 e. The molecule has 1 heterocycles. The molecule has 16 heavy (non-hydrogen) atoms. The minimum atomic E-state index is -0.221. The minimum absolute atomic E-state index is 0.114. The molecule has 1 aromatic carbocycles. The van der Waals surface area contributed by atoms with Gasteiger partial charge < -0.3 is 14.6 Å². The van der Waals surface area contributed by atoms with E-state index in [1.807, 2.05) is 26.0 Å². The molecule has 0 bridgehead atoms. The number of hydrogen-bond acceptors (Lipinski definition) is 3. The summed E-state index contributed by atoms with van der Waals surface area (Å²) in [5.74, 6) is 1.66. The van der Waals surface area contributed by atoms with E-state index in [1.165, 1.54) is 5.56 Å². The Balaban J connectivity index is 2.08. The zero-order valence-corrected chi connectivity index (χ0v) is 9.82. The zero-order chi connectivity index (χ0) is 11.6. The molecule has 0 spiro atoms. The van der Waals surface area contributed by atoms with Crippen LogP contribution in [0.2, 0.25) is 0 Å². The van der Waals surface area contributed by atoms with Crippen molar-refractivity contribution < 1.29 is 14.6 Å². The first kappa shape index (κ1) is 11.3. The molecule has 0 radical (unpaired) electrons. The minimum Gasteiger partial charge on any atom is -0.489 e. The second kappa shape index (κ2) is 4.34. The summed E-state index contributed by atoms with van der Waals surface area (Å²) in [5, 5.41) is 9.15. The predicted octanol–water partition coefficient (Wildman–Crippen LogP) is 2.02. The fourth-order valence-corrected chi connectivity index (χ4v) is 1.62. The average molecular weight is 222 g/mol. The van der Waals surface area contributed by atoms with Gasteiger partial charge in [-0.1, -0.05) is 26.0 Å². The number of rotatable bonds is 4. The van der Waals surface area contributed by atoms with Crippen LogP contribution in [0.25, 0.3) is 0 Å².